The summed E-state index contributed by atoms with van der Waals surface area (Å²) in [7, 11) is 0. The fraction of sp³-hybridized carbons (Fsp3) is 0.900. The lowest BCUT2D eigenvalue weighted by Crippen LogP contribution is -2.29. The van der Waals surface area contributed by atoms with Gasteiger partial charge < -0.3 is 4.90 Å². The first kappa shape index (κ1) is 11.4. The number of nitriles is 1. The largest absolute Gasteiger partial charge is 0.300 e. The van der Waals surface area contributed by atoms with Crippen LogP contribution in [-0.2, 0) is 0 Å². The number of hydrogen-bond acceptors (Lipinski definition) is 2. The topological polar surface area (TPSA) is 27.0 Å². The van der Waals surface area contributed by atoms with Crippen LogP contribution in [0.5, 0.6) is 0 Å². The molecule has 1 saturated heterocycles. The Hall–Kier alpha value is -0.550. The minimum absolute atomic E-state index is 0.917. The molecule has 0 aliphatic carbocycles. The van der Waals surface area contributed by atoms with Gasteiger partial charge >= 0.3 is 0 Å². The van der Waals surface area contributed by atoms with Gasteiger partial charge in [0.05, 0.1) is 0 Å². The summed E-state index contributed by atoms with van der Waals surface area (Å²) in [4.78, 5) is 2.64. The van der Waals surface area contributed by atoms with E-state index in [-0.39, 0.29) is 0 Å². The molecule has 0 aromatic carbocycles. The van der Waals surface area contributed by atoms with Crippen molar-refractivity contribution in [2.45, 2.75) is 45.6 Å². The summed E-state index contributed by atoms with van der Waals surface area (Å²) in [6.45, 7) is 10.7. The predicted molar refractivity (Wildman–Crippen MR) is 51.8 cm³/mol. The summed E-state index contributed by atoms with van der Waals surface area (Å²) >= 11 is 0. The minimum atomic E-state index is 0.917. The fourth-order valence-electron chi connectivity index (χ4n) is 1.94. The highest BCUT2D eigenvalue weighted by atomic mass is 15.2. The first-order valence-electron chi connectivity index (χ1n) is 4.88. The summed E-state index contributed by atoms with van der Waals surface area (Å²) in [6.07, 6.45) is 5.53. The fourth-order valence-corrected chi connectivity index (χ4v) is 1.94. The molecule has 0 spiro atoms. The van der Waals surface area contributed by atoms with Gasteiger partial charge in [-0.1, -0.05) is 13.8 Å². The maximum atomic E-state index is 6.50. The van der Waals surface area contributed by atoms with Crippen molar-refractivity contribution in [2.75, 3.05) is 13.1 Å². The van der Waals surface area contributed by atoms with Crippen LogP contribution in [0.3, 0.4) is 0 Å². The van der Waals surface area contributed by atoms with E-state index < -0.39 is 0 Å². The molecule has 0 saturated carbocycles. The number of likely N-dealkylation sites (tertiary alicyclic amines) is 1. The first-order valence-corrected chi connectivity index (χ1v) is 4.88. The van der Waals surface area contributed by atoms with Crippen LogP contribution in [0.2, 0.25) is 0 Å². The van der Waals surface area contributed by atoms with Crippen LogP contribution < -0.4 is 0 Å². The van der Waals surface area contributed by atoms with Crippen LogP contribution in [0, 0.1) is 11.8 Å². The molecule has 1 aliphatic heterocycles. The molecule has 0 radical (unpaired) electrons. The zero-order valence-electron chi connectivity index (χ0n) is 8.29. The average Bonchev–Trinajstić information content (AvgIpc) is 2.56. The Balaban J connectivity index is 0.000000561. The second kappa shape index (κ2) is 7.12. The third-order valence-electron chi connectivity index (χ3n) is 2.48. The minimum Gasteiger partial charge on any atom is -0.300 e. The standard InChI is InChI=1S/C9H19N.CHN/c1-3-7-10-8-5-6-9(10)4-2;1-2/h9H,3-8H2,1-2H3;1H. The quantitative estimate of drug-likeness (QED) is 0.647. The molecule has 1 fully saturated rings. The zero-order valence-corrected chi connectivity index (χ0v) is 8.29. The van der Waals surface area contributed by atoms with Gasteiger partial charge in [0.1, 0.15) is 0 Å². The molecule has 1 unspecified atom stereocenters. The highest BCUT2D eigenvalue weighted by Crippen LogP contribution is 2.19. The molecule has 70 valence electrons. The van der Waals surface area contributed by atoms with E-state index in [1.54, 1.807) is 0 Å². The molecular formula is C10H20N2. The van der Waals surface area contributed by atoms with Crippen molar-refractivity contribution in [1.82, 2.24) is 4.90 Å². The molecule has 0 N–H and O–H groups in total. The summed E-state index contributed by atoms with van der Waals surface area (Å²) in [5.41, 5.74) is 0. The highest BCUT2D eigenvalue weighted by molar-refractivity contribution is 4.76. The van der Waals surface area contributed by atoms with Crippen LogP contribution >= 0.6 is 0 Å². The second-order valence-corrected chi connectivity index (χ2v) is 3.24. The summed E-state index contributed by atoms with van der Waals surface area (Å²) in [5.74, 6) is 0. The van der Waals surface area contributed by atoms with Crippen molar-refractivity contribution in [1.29, 1.82) is 5.26 Å². The third kappa shape index (κ3) is 3.23. The van der Waals surface area contributed by atoms with E-state index >= 15 is 0 Å². The zero-order chi connectivity index (χ0) is 9.40. The third-order valence-corrected chi connectivity index (χ3v) is 2.48. The van der Waals surface area contributed by atoms with Gasteiger partial charge in [-0.25, -0.2) is 5.26 Å². The maximum absolute atomic E-state index is 6.50. The lowest BCUT2D eigenvalue weighted by Gasteiger charge is -2.21. The summed E-state index contributed by atoms with van der Waals surface area (Å²) in [6, 6.07) is 0.917. The summed E-state index contributed by atoms with van der Waals surface area (Å²) in [5, 5.41) is 6.50. The monoisotopic (exact) mass is 168 g/mol. The van der Waals surface area contributed by atoms with Crippen LogP contribution in [0.25, 0.3) is 0 Å². The van der Waals surface area contributed by atoms with Crippen molar-refractivity contribution in [3.63, 3.8) is 0 Å². The van der Waals surface area contributed by atoms with Crippen molar-refractivity contribution >= 4 is 0 Å². The maximum Gasteiger partial charge on any atom is 0.0462 e. The van der Waals surface area contributed by atoms with Gasteiger partial charge in [-0.05, 0) is 38.8 Å². The SMILES string of the molecule is C#N.CCCN1CCCC1CC. The smallest absolute Gasteiger partial charge is 0.0462 e. The number of nitrogens with zero attached hydrogens (tertiary/aromatic N) is 2. The van der Waals surface area contributed by atoms with Gasteiger partial charge in [0, 0.05) is 12.6 Å². The molecule has 2 nitrogen and oxygen atoms in total. The molecule has 0 bridgehead atoms. The van der Waals surface area contributed by atoms with Crippen molar-refractivity contribution < 1.29 is 0 Å². The predicted octanol–water partition coefficient (Wildman–Crippen LogP) is 2.41. The van der Waals surface area contributed by atoms with Gasteiger partial charge in [0.2, 0.25) is 0 Å². The van der Waals surface area contributed by atoms with E-state index in [0.29, 0.717) is 0 Å². The molecule has 1 heterocycles. The first-order chi connectivity index (χ1) is 5.88. The van der Waals surface area contributed by atoms with Gasteiger partial charge in [-0.2, -0.15) is 0 Å². The Bertz CT molecular complexity index is 120. The van der Waals surface area contributed by atoms with E-state index in [4.69, 9.17) is 5.26 Å². The van der Waals surface area contributed by atoms with Crippen molar-refractivity contribution in [3.8, 4) is 6.57 Å². The molecule has 1 rings (SSSR count). The molecule has 1 atom stereocenters. The van der Waals surface area contributed by atoms with E-state index in [1.807, 2.05) is 0 Å². The van der Waals surface area contributed by atoms with Crippen LogP contribution in [0.4, 0.5) is 0 Å². The van der Waals surface area contributed by atoms with Crippen LogP contribution in [-0.4, -0.2) is 24.0 Å². The summed E-state index contributed by atoms with van der Waals surface area (Å²) < 4.78 is 0. The second-order valence-electron chi connectivity index (χ2n) is 3.24. The molecule has 0 aromatic heterocycles. The lowest BCUT2D eigenvalue weighted by molar-refractivity contribution is 0.249. The number of rotatable bonds is 3. The molecule has 12 heavy (non-hydrogen) atoms. The Kier molecular flexibility index (Phi) is 6.79. The Morgan fingerprint density at radius 2 is 2.08 bits per heavy atom. The van der Waals surface area contributed by atoms with Crippen molar-refractivity contribution in [2.24, 2.45) is 0 Å². The van der Waals surface area contributed by atoms with Gasteiger partial charge in [0.25, 0.3) is 0 Å². The average molecular weight is 168 g/mol. The Morgan fingerprint density at radius 3 is 2.58 bits per heavy atom. The van der Waals surface area contributed by atoms with Crippen molar-refractivity contribution in [3.05, 3.63) is 0 Å². The molecular weight excluding hydrogens is 148 g/mol. The number of hydrogen-bond donors (Lipinski definition) is 0. The van der Waals surface area contributed by atoms with Crippen LogP contribution in [0.1, 0.15) is 39.5 Å². The lowest BCUT2D eigenvalue weighted by atomic mass is 10.2. The highest BCUT2D eigenvalue weighted by Gasteiger charge is 2.20. The Morgan fingerprint density at radius 1 is 1.42 bits per heavy atom. The molecule has 0 amide bonds. The van der Waals surface area contributed by atoms with Gasteiger partial charge in [0.15, 0.2) is 0 Å². The van der Waals surface area contributed by atoms with E-state index in [2.05, 4.69) is 25.3 Å². The van der Waals surface area contributed by atoms with Gasteiger partial charge in [-0.3, -0.25) is 0 Å². The molecule has 2 heteroatoms. The normalized spacial score (nSPS) is 23.2. The van der Waals surface area contributed by atoms with Gasteiger partial charge in [-0.15, -0.1) is 0 Å². The van der Waals surface area contributed by atoms with E-state index in [9.17, 15) is 0 Å². The van der Waals surface area contributed by atoms with E-state index in [1.165, 1.54) is 38.8 Å². The van der Waals surface area contributed by atoms with Crippen LogP contribution in [0.15, 0.2) is 0 Å². The Labute approximate surface area is 76.2 Å². The van der Waals surface area contributed by atoms with E-state index in [0.717, 1.165) is 6.04 Å². The molecule has 1 aliphatic rings. The molecule has 0 aromatic rings.